The Bertz CT molecular complexity index is 944. The van der Waals surface area contributed by atoms with Gasteiger partial charge in [0.25, 0.3) is 0 Å². The molecular formula is C42H76Lu2O4Si8. The molecule has 2 N–H and O–H groups in total. The van der Waals surface area contributed by atoms with Crippen molar-refractivity contribution in [3.05, 3.63) is 140 Å². The Labute approximate surface area is 415 Å². The molecule has 0 amide bonds. The third-order valence-corrected chi connectivity index (χ3v) is 151. The maximum absolute atomic E-state index is 14.5. The molecule has 22 radical (unpaired) electrons. The summed E-state index contributed by atoms with van der Waals surface area (Å²) in [5.41, 5.74) is 0. The monoisotopic (exact) mass is 1220 g/mol. The maximum Gasteiger partial charge on any atom is 0.198 e. The zero-order valence-corrected chi connectivity index (χ0v) is 49.1. The number of aliphatic hydroxyl groups excluding tert-OH is 2. The van der Waals surface area contributed by atoms with Crippen molar-refractivity contribution in [3.63, 3.8) is 0 Å². The summed E-state index contributed by atoms with van der Waals surface area (Å²) < 4.78 is 0. The van der Waals surface area contributed by atoms with E-state index >= 15 is 0 Å². The number of hydrogen-bond donors (Lipinski definition) is 2. The number of hydrogen-bond acceptors (Lipinski definition) is 4. The topological polar surface area (TPSA) is 74.6 Å². The van der Waals surface area contributed by atoms with Gasteiger partial charge in [-0.25, -0.2) is 0 Å². The maximum atomic E-state index is 14.5. The molecule has 4 saturated carbocycles. The second kappa shape index (κ2) is 27.3. The van der Waals surface area contributed by atoms with E-state index < -0.39 is 70.3 Å². The fraction of sp³-hybridized carbons (Fsp3) is 0.429. The van der Waals surface area contributed by atoms with Crippen molar-refractivity contribution < 1.29 is 93.6 Å². The van der Waals surface area contributed by atoms with E-state index in [4.69, 9.17) is 0 Å². The summed E-state index contributed by atoms with van der Waals surface area (Å²) in [6, 6.07) is 0. The summed E-state index contributed by atoms with van der Waals surface area (Å²) in [5, 5.41) is 22.8. The molecule has 4 fully saturated rings. The van der Waals surface area contributed by atoms with Crippen LogP contribution in [-0.2, 0) is 9.59 Å². The predicted octanol–water partition coefficient (Wildman–Crippen LogP) is 11.0. The minimum Gasteiger partial charge on any atom is -0.502 e. The van der Waals surface area contributed by atoms with Gasteiger partial charge in [0.1, 0.15) is 13.3 Å². The number of carbonyl (C=O) groups excluding carboxylic acids is 2. The quantitative estimate of drug-likeness (QED) is 0.130. The molecule has 0 unspecified atom stereocenters. The largest absolute Gasteiger partial charge is 0.502 e. The zero-order valence-electron chi connectivity index (χ0n) is 37.8. The Hall–Kier alpha value is 2.88. The summed E-state index contributed by atoms with van der Waals surface area (Å²) in [6.07, 6.45) is 40.0. The van der Waals surface area contributed by atoms with Crippen LogP contribution in [0.1, 0.15) is 0 Å². The average molecular weight is 1220 g/mol. The molecule has 0 aromatic rings. The van der Waals surface area contributed by atoms with Crippen molar-refractivity contribution >= 4 is 69.6 Å². The van der Waals surface area contributed by atoms with Crippen LogP contribution in [-0.4, -0.2) is 79.8 Å². The van der Waals surface area contributed by atoms with E-state index in [2.05, 4.69) is 118 Å². The second-order valence-electron chi connectivity index (χ2n) is 20.2. The van der Waals surface area contributed by atoms with Gasteiger partial charge >= 0.3 is 0 Å². The summed E-state index contributed by atoms with van der Waals surface area (Å²) in [5.74, 6) is -1.12. The molecule has 14 heteroatoms. The van der Waals surface area contributed by atoms with E-state index in [1.54, 1.807) is 0 Å². The van der Waals surface area contributed by atoms with Crippen LogP contribution >= 0.6 is 0 Å². The molecule has 0 atom stereocenters. The van der Waals surface area contributed by atoms with Crippen LogP contribution in [0, 0.1) is 202 Å². The van der Waals surface area contributed by atoms with Gasteiger partial charge in [-0.15, -0.1) is 0 Å². The van der Waals surface area contributed by atoms with Crippen LogP contribution in [0.4, 0.5) is 0 Å². The van der Waals surface area contributed by atoms with E-state index in [9.17, 15) is 19.8 Å². The third-order valence-electron chi connectivity index (χ3n) is 10.3. The van der Waals surface area contributed by atoms with Crippen molar-refractivity contribution in [1.29, 1.82) is 0 Å². The van der Waals surface area contributed by atoms with Gasteiger partial charge < -0.3 is 10.2 Å². The van der Waals surface area contributed by atoms with E-state index in [1.165, 1.54) is 0 Å². The molecule has 0 spiro atoms. The van der Waals surface area contributed by atoms with Crippen LogP contribution in [0.25, 0.3) is 0 Å². The molecule has 56 heavy (non-hydrogen) atoms. The van der Waals surface area contributed by atoms with Crippen LogP contribution in [0.15, 0.2) is 11.5 Å². The van der Waals surface area contributed by atoms with Crippen molar-refractivity contribution in [2.75, 3.05) is 0 Å². The first-order valence-electron chi connectivity index (χ1n) is 19.3. The molecule has 4 rings (SSSR count). The number of rotatable bonds is 10. The first-order chi connectivity index (χ1) is 24.4. The minimum atomic E-state index is -2.67. The van der Waals surface area contributed by atoms with Gasteiger partial charge in [0.05, 0.1) is 0 Å². The first-order valence-corrected chi connectivity index (χ1v) is 50.3. The molecule has 0 aromatic carbocycles. The Balaban J connectivity index is -0.00000100. The Kier molecular flexibility index (Phi) is 30.8. The number of allylic oxidation sites excluding steroid dienone is 2. The molecule has 0 aromatic heterocycles. The standard InChI is InChI=1S/C22H56O4Si8.4C5H5.2Lu/c1-27(2,3)33(28(4,5)6,29(7,8)9)21(25)19(23)20(24)22(26)34(30(10,11)12,31(13,14)15)32(16,17)18;4*1-2-4-5-3-1;;/h23-24H,1-18H3;4*1-5H;;/b20-19+;;;;;;. The van der Waals surface area contributed by atoms with E-state index in [0.29, 0.717) is 0 Å². The van der Waals surface area contributed by atoms with Crippen molar-refractivity contribution in [2.24, 2.45) is 0 Å². The second-order valence-corrected chi connectivity index (χ2v) is 101. The van der Waals surface area contributed by atoms with Gasteiger partial charge in [-0.05, 0) is 128 Å². The van der Waals surface area contributed by atoms with Gasteiger partial charge in [0, 0.05) is 119 Å². The van der Waals surface area contributed by atoms with Crippen molar-refractivity contribution in [2.45, 2.75) is 118 Å². The molecule has 330 valence electrons. The zero-order chi connectivity index (χ0) is 42.5. The third kappa shape index (κ3) is 17.5. The van der Waals surface area contributed by atoms with Gasteiger partial charge in [-0.1, -0.05) is 118 Å². The summed E-state index contributed by atoms with van der Waals surface area (Å²) in [6.45, 7) is 35.8. The van der Waals surface area contributed by atoms with E-state index in [0.717, 1.165) is 0 Å². The predicted molar refractivity (Wildman–Crippen MR) is 260 cm³/mol. The molecule has 0 bridgehead atoms. The summed E-state index contributed by atoms with van der Waals surface area (Å²) in [7, 11) is -12.2. The minimum absolute atomic E-state index is 0. The van der Waals surface area contributed by atoms with Crippen LogP contribution in [0.3, 0.4) is 0 Å². The number of aliphatic hydroxyl groups is 2. The van der Waals surface area contributed by atoms with Crippen LogP contribution < -0.4 is 0 Å². The SMILES string of the molecule is C[Si](C)(C)[Si](C(=O)/C(O)=C(\O)C(=O)[Si]([Si](C)(C)C)([Si](C)(C)C)[Si](C)(C)C)([Si](C)(C)C)[Si](C)(C)C.[CH]1[CH][CH][CH][CH]1.[CH]1[CH][CH][CH][CH]1.[CH]1[CH][CH][CH][CH]1.[CH]1[CH][CH][CH][CH]1.[Lu].[Lu]. The molecule has 4 nitrogen and oxygen atoms in total. The summed E-state index contributed by atoms with van der Waals surface area (Å²) >= 11 is 0. The number of carbonyl (C=O) groups is 2. The first kappa shape index (κ1) is 63.2. The van der Waals surface area contributed by atoms with E-state index in [1.807, 2.05) is 128 Å². The summed E-state index contributed by atoms with van der Waals surface area (Å²) in [4.78, 5) is 29.0. The Morgan fingerprint density at radius 1 is 0.268 bits per heavy atom. The van der Waals surface area contributed by atoms with Crippen molar-refractivity contribution in [3.8, 4) is 0 Å². The van der Waals surface area contributed by atoms with Crippen LogP contribution in [0.2, 0.25) is 118 Å². The fourth-order valence-electron chi connectivity index (χ4n) is 10.6. The average Bonchev–Trinajstić information content (AvgIpc) is 3.84. The van der Waals surface area contributed by atoms with Gasteiger partial charge in [0.15, 0.2) is 22.3 Å². The van der Waals surface area contributed by atoms with Gasteiger partial charge in [0.2, 0.25) is 0 Å². The van der Waals surface area contributed by atoms with E-state index in [-0.39, 0.29) is 84.6 Å². The fourth-order valence-corrected chi connectivity index (χ4v) is 206. The molecule has 4 aliphatic carbocycles. The molecule has 0 heterocycles. The normalized spacial score (nSPS) is 18.5. The molecular weight excluding hydrogens is 1140 g/mol. The smallest absolute Gasteiger partial charge is 0.198 e. The van der Waals surface area contributed by atoms with Gasteiger partial charge in [-0.2, -0.15) is 0 Å². The Morgan fingerprint density at radius 2 is 0.357 bits per heavy atom. The van der Waals surface area contributed by atoms with Crippen LogP contribution in [0.5, 0.6) is 0 Å². The molecule has 4 aliphatic rings. The Morgan fingerprint density at radius 3 is 0.429 bits per heavy atom. The van der Waals surface area contributed by atoms with Gasteiger partial charge in [-0.3, -0.25) is 9.59 Å². The molecule has 0 saturated heterocycles. The van der Waals surface area contributed by atoms with Crippen molar-refractivity contribution in [1.82, 2.24) is 0 Å². The molecule has 0 aliphatic heterocycles.